The number of hydrogen-bond donors (Lipinski definition) is 3. The van der Waals surface area contributed by atoms with Crippen LogP contribution in [0.5, 0.6) is 0 Å². The van der Waals surface area contributed by atoms with Gasteiger partial charge in [-0.2, -0.15) is 0 Å². The summed E-state index contributed by atoms with van der Waals surface area (Å²) in [6.45, 7) is 0.325. The van der Waals surface area contributed by atoms with E-state index in [1.165, 1.54) is 0 Å². The standard InChI is InChI=1S/C12H14N2O2/c13-7-1-2-9-3-5-10(6-4-9)8-11(14)12(15)16/h3-6,11H,7-8,13-14H2,(H,15,16). The summed E-state index contributed by atoms with van der Waals surface area (Å²) in [5.41, 5.74) is 12.4. The maximum Gasteiger partial charge on any atom is 0.320 e. The fourth-order valence-corrected chi connectivity index (χ4v) is 1.22. The number of rotatable bonds is 3. The summed E-state index contributed by atoms with van der Waals surface area (Å²) in [6, 6.07) is 6.44. The molecule has 0 heterocycles. The van der Waals surface area contributed by atoms with E-state index in [0.717, 1.165) is 11.1 Å². The predicted octanol–water partition coefficient (Wildman–Crippen LogP) is -0.0488. The van der Waals surface area contributed by atoms with Crippen LogP contribution in [0, 0.1) is 11.8 Å². The molecule has 1 aromatic rings. The van der Waals surface area contributed by atoms with Crippen molar-refractivity contribution in [2.75, 3.05) is 6.54 Å². The summed E-state index contributed by atoms with van der Waals surface area (Å²) in [6.07, 6.45) is 0.319. The van der Waals surface area contributed by atoms with Gasteiger partial charge in [0.1, 0.15) is 6.04 Å². The zero-order chi connectivity index (χ0) is 12.0. The molecule has 1 rings (SSSR count). The van der Waals surface area contributed by atoms with Gasteiger partial charge in [-0.25, -0.2) is 0 Å². The Morgan fingerprint density at radius 3 is 2.50 bits per heavy atom. The molecule has 0 spiro atoms. The Bertz CT molecular complexity index is 415. The summed E-state index contributed by atoms with van der Waals surface area (Å²) >= 11 is 0. The van der Waals surface area contributed by atoms with Crippen molar-refractivity contribution >= 4 is 5.97 Å². The van der Waals surface area contributed by atoms with Gasteiger partial charge in [-0.15, -0.1) is 0 Å². The normalized spacial score (nSPS) is 11.4. The highest BCUT2D eigenvalue weighted by Crippen LogP contribution is 2.05. The van der Waals surface area contributed by atoms with Crippen molar-refractivity contribution < 1.29 is 9.90 Å². The molecule has 0 amide bonds. The summed E-state index contributed by atoms with van der Waals surface area (Å²) in [7, 11) is 0. The highest BCUT2D eigenvalue weighted by atomic mass is 16.4. The molecule has 0 aliphatic heterocycles. The number of nitrogens with two attached hydrogens (primary N) is 2. The fraction of sp³-hybridized carbons (Fsp3) is 0.250. The van der Waals surface area contributed by atoms with Crippen LogP contribution in [0.1, 0.15) is 11.1 Å². The van der Waals surface area contributed by atoms with Crippen LogP contribution in [0.2, 0.25) is 0 Å². The molecule has 4 heteroatoms. The molecule has 1 aromatic carbocycles. The number of carbonyl (C=O) groups is 1. The Labute approximate surface area is 94.3 Å². The Morgan fingerprint density at radius 2 is 2.00 bits per heavy atom. The maximum absolute atomic E-state index is 10.6. The molecule has 0 aliphatic rings. The van der Waals surface area contributed by atoms with Crippen molar-refractivity contribution in [3.05, 3.63) is 35.4 Å². The quantitative estimate of drug-likeness (QED) is 0.620. The van der Waals surface area contributed by atoms with E-state index in [0.29, 0.717) is 13.0 Å². The molecule has 4 nitrogen and oxygen atoms in total. The van der Waals surface area contributed by atoms with E-state index in [2.05, 4.69) is 11.8 Å². The highest BCUT2D eigenvalue weighted by Gasteiger charge is 2.11. The van der Waals surface area contributed by atoms with Crippen LogP contribution in [0.15, 0.2) is 24.3 Å². The van der Waals surface area contributed by atoms with E-state index < -0.39 is 12.0 Å². The minimum absolute atomic E-state index is 0.319. The van der Waals surface area contributed by atoms with E-state index in [-0.39, 0.29) is 0 Å². The van der Waals surface area contributed by atoms with Crippen LogP contribution in [0.3, 0.4) is 0 Å². The molecule has 0 aromatic heterocycles. The van der Waals surface area contributed by atoms with Gasteiger partial charge in [0, 0.05) is 5.56 Å². The second kappa shape index (κ2) is 5.91. The Morgan fingerprint density at radius 1 is 1.38 bits per heavy atom. The molecular formula is C12H14N2O2. The molecule has 1 atom stereocenters. The maximum atomic E-state index is 10.6. The van der Waals surface area contributed by atoms with Crippen molar-refractivity contribution in [1.29, 1.82) is 0 Å². The summed E-state index contributed by atoms with van der Waals surface area (Å²) in [5, 5.41) is 8.65. The lowest BCUT2D eigenvalue weighted by Gasteiger charge is -2.05. The van der Waals surface area contributed by atoms with Crippen molar-refractivity contribution in [2.45, 2.75) is 12.5 Å². The van der Waals surface area contributed by atoms with Gasteiger partial charge in [0.25, 0.3) is 0 Å². The molecule has 84 valence electrons. The second-order valence-corrected chi connectivity index (χ2v) is 3.35. The lowest BCUT2D eigenvalue weighted by Crippen LogP contribution is -2.32. The average molecular weight is 218 g/mol. The Balaban J connectivity index is 2.68. The molecule has 1 unspecified atom stereocenters. The minimum atomic E-state index is -0.994. The molecule has 0 saturated carbocycles. The van der Waals surface area contributed by atoms with Crippen LogP contribution < -0.4 is 11.5 Å². The first-order valence-electron chi connectivity index (χ1n) is 4.89. The van der Waals surface area contributed by atoms with Crippen LogP contribution in [0.4, 0.5) is 0 Å². The average Bonchev–Trinajstić information content (AvgIpc) is 2.28. The molecule has 0 saturated heterocycles. The van der Waals surface area contributed by atoms with Crippen LogP contribution in [-0.4, -0.2) is 23.7 Å². The van der Waals surface area contributed by atoms with Crippen LogP contribution in [0.25, 0.3) is 0 Å². The van der Waals surface area contributed by atoms with Gasteiger partial charge in [-0.05, 0) is 24.1 Å². The smallest absolute Gasteiger partial charge is 0.320 e. The molecular weight excluding hydrogens is 204 g/mol. The van der Waals surface area contributed by atoms with Gasteiger partial charge in [-0.3, -0.25) is 4.79 Å². The summed E-state index contributed by atoms with van der Waals surface area (Å²) < 4.78 is 0. The van der Waals surface area contributed by atoms with Crippen molar-refractivity contribution in [2.24, 2.45) is 11.5 Å². The molecule has 16 heavy (non-hydrogen) atoms. The van der Waals surface area contributed by atoms with Crippen molar-refractivity contribution in [1.82, 2.24) is 0 Å². The molecule has 0 fully saturated rings. The van der Waals surface area contributed by atoms with Gasteiger partial charge in [0.05, 0.1) is 6.54 Å². The lowest BCUT2D eigenvalue weighted by molar-refractivity contribution is -0.138. The second-order valence-electron chi connectivity index (χ2n) is 3.35. The first-order valence-corrected chi connectivity index (χ1v) is 4.89. The zero-order valence-electron chi connectivity index (χ0n) is 8.81. The fourth-order valence-electron chi connectivity index (χ4n) is 1.22. The number of aliphatic carboxylic acids is 1. The SMILES string of the molecule is NCC#Cc1ccc(CC(N)C(=O)O)cc1. The van der Waals surface area contributed by atoms with E-state index in [1.807, 2.05) is 24.3 Å². The van der Waals surface area contributed by atoms with E-state index in [1.54, 1.807) is 0 Å². The third kappa shape index (κ3) is 3.73. The Hall–Kier alpha value is -1.83. The van der Waals surface area contributed by atoms with Crippen LogP contribution >= 0.6 is 0 Å². The van der Waals surface area contributed by atoms with Gasteiger partial charge in [-0.1, -0.05) is 24.0 Å². The number of benzene rings is 1. The van der Waals surface area contributed by atoms with E-state index in [4.69, 9.17) is 16.6 Å². The highest BCUT2D eigenvalue weighted by molar-refractivity contribution is 5.73. The number of hydrogen-bond acceptors (Lipinski definition) is 3. The largest absolute Gasteiger partial charge is 0.480 e. The molecule has 0 bridgehead atoms. The third-order valence-corrected chi connectivity index (χ3v) is 2.06. The van der Waals surface area contributed by atoms with E-state index >= 15 is 0 Å². The summed E-state index contributed by atoms with van der Waals surface area (Å²) in [5.74, 6) is 4.63. The first-order chi connectivity index (χ1) is 7.63. The molecule has 0 radical (unpaired) electrons. The third-order valence-electron chi connectivity index (χ3n) is 2.06. The van der Waals surface area contributed by atoms with Gasteiger partial charge >= 0.3 is 5.97 Å². The van der Waals surface area contributed by atoms with Gasteiger partial charge in [0.2, 0.25) is 0 Å². The Kier molecular flexibility index (Phi) is 4.52. The number of carboxylic acid groups (broad SMARTS) is 1. The minimum Gasteiger partial charge on any atom is -0.480 e. The molecule has 0 aliphatic carbocycles. The number of carboxylic acids is 1. The summed E-state index contributed by atoms with van der Waals surface area (Å²) in [4.78, 5) is 10.6. The lowest BCUT2D eigenvalue weighted by atomic mass is 10.0. The van der Waals surface area contributed by atoms with E-state index in [9.17, 15) is 4.79 Å². The first kappa shape index (κ1) is 12.2. The predicted molar refractivity (Wildman–Crippen MR) is 61.7 cm³/mol. The molecule has 5 N–H and O–H groups in total. The van der Waals surface area contributed by atoms with Gasteiger partial charge in [0.15, 0.2) is 0 Å². The monoisotopic (exact) mass is 218 g/mol. The van der Waals surface area contributed by atoms with Crippen molar-refractivity contribution in [3.8, 4) is 11.8 Å². The van der Waals surface area contributed by atoms with Crippen molar-refractivity contribution in [3.63, 3.8) is 0 Å². The van der Waals surface area contributed by atoms with Gasteiger partial charge < -0.3 is 16.6 Å². The van der Waals surface area contributed by atoms with Crippen LogP contribution in [-0.2, 0) is 11.2 Å². The zero-order valence-corrected chi connectivity index (χ0v) is 8.81. The topological polar surface area (TPSA) is 89.3 Å².